The molecule has 1 aliphatic heterocycles. The summed E-state index contributed by atoms with van der Waals surface area (Å²) in [6, 6.07) is 1.94. The highest BCUT2D eigenvalue weighted by molar-refractivity contribution is 5.76. The van der Waals surface area contributed by atoms with Crippen molar-refractivity contribution < 1.29 is 9.53 Å². The highest BCUT2D eigenvalue weighted by Gasteiger charge is 2.26. The Hall–Kier alpha value is -2.28. The first kappa shape index (κ1) is 17.5. The molecule has 0 saturated carbocycles. The van der Waals surface area contributed by atoms with Crippen molar-refractivity contribution in [3.8, 4) is 0 Å². The lowest BCUT2D eigenvalue weighted by Crippen LogP contribution is -2.42. The van der Waals surface area contributed by atoms with Crippen LogP contribution in [0.3, 0.4) is 0 Å². The summed E-state index contributed by atoms with van der Waals surface area (Å²) in [5.74, 6) is 0.883. The lowest BCUT2D eigenvalue weighted by atomic mass is 10.1. The standard InChI is InChI=1S/C18H25N5O2/c1-12-9-16(20-14(3)19-12)17-11-23(7-8-25-17)18(24)6-5-15-10-22(4)21-13(15)2/h9-10,17H,5-8,11H2,1-4H3/t17-/m1/s1. The number of rotatable bonds is 4. The van der Waals surface area contributed by atoms with E-state index in [0.717, 1.165) is 28.5 Å². The molecule has 0 aliphatic carbocycles. The van der Waals surface area contributed by atoms with E-state index in [-0.39, 0.29) is 12.0 Å². The van der Waals surface area contributed by atoms with E-state index in [9.17, 15) is 4.79 Å². The zero-order valence-corrected chi connectivity index (χ0v) is 15.3. The van der Waals surface area contributed by atoms with E-state index in [1.807, 2.05) is 45.0 Å². The fourth-order valence-electron chi connectivity index (χ4n) is 3.26. The SMILES string of the molecule is Cc1cc([C@H]2CN(C(=O)CCc3cn(C)nc3C)CCO2)nc(C)n1. The van der Waals surface area contributed by atoms with Crippen molar-refractivity contribution in [3.63, 3.8) is 0 Å². The second-order valence-corrected chi connectivity index (χ2v) is 6.59. The van der Waals surface area contributed by atoms with Crippen molar-refractivity contribution in [2.24, 2.45) is 7.05 Å². The zero-order valence-electron chi connectivity index (χ0n) is 15.3. The number of aryl methyl sites for hydroxylation is 5. The van der Waals surface area contributed by atoms with Gasteiger partial charge in [-0.1, -0.05) is 0 Å². The van der Waals surface area contributed by atoms with Gasteiger partial charge in [-0.05, 0) is 38.8 Å². The van der Waals surface area contributed by atoms with Gasteiger partial charge in [0.25, 0.3) is 0 Å². The number of amides is 1. The number of aromatic nitrogens is 4. The molecule has 0 N–H and O–H groups in total. The summed E-state index contributed by atoms with van der Waals surface area (Å²) >= 11 is 0. The minimum absolute atomic E-state index is 0.152. The van der Waals surface area contributed by atoms with Crippen molar-refractivity contribution in [2.75, 3.05) is 19.7 Å². The Balaban J connectivity index is 1.62. The van der Waals surface area contributed by atoms with Crippen LogP contribution >= 0.6 is 0 Å². The number of hydrogen-bond donors (Lipinski definition) is 0. The summed E-state index contributed by atoms with van der Waals surface area (Å²) in [5, 5.41) is 4.33. The van der Waals surface area contributed by atoms with Crippen molar-refractivity contribution in [1.82, 2.24) is 24.6 Å². The molecule has 0 bridgehead atoms. The van der Waals surface area contributed by atoms with Crippen LogP contribution in [0.1, 0.15) is 41.0 Å². The van der Waals surface area contributed by atoms with Crippen LogP contribution in [0.4, 0.5) is 0 Å². The Morgan fingerprint density at radius 3 is 2.80 bits per heavy atom. The van der Waals surface area contributed by atoms with Gasteiger partial charge in [0.1, 0.15) is 11.9 Å². The van der Waals surface area contributed by atoms with Crippen LogP contribution in [0, 0.1) is 20.8 Å². The number of hydrogen-bond acceptors (Lipinski definition) is 5. The topological polar surface area (TPSA) is 73.1 Å². The van der Waals surface area contributed by atoms with Crippen LogP contribution in [0.15, 0.2) is 12.3 Å². The molecule has 1 fully saturated rings. The highest BCUT2D eigenvalue weighted by atomic mass is 16.5. The largest absolute Gasteiger partial charge is 0.368 e. The summed E-state index contributed by atoms with van der Waals surface area (Å²) in [7, 11) is 1.90. The van der Waals surface area contributed by atoms with Gasteiger partial charge in [-0.25, -0.2) is 9.97 Å². The molecule has 0 spiro atoms. The van der Waals surface area contributed by atoms with Gasteiger partial charge in [-0.3, -0.25) is 9.48 Å². The average molecular weight is 343 g/mol. The first-order valence-electron chi connectivity index (χ1n) is 8.63. The van der Waals surface area contributed by atoms with Gasteiger partial charge in [0.15, 0.2) is 0 Å². The van der Waals surface area contributed by atoms with Gasteiger partial charge >= 0.3 is 0 Å². The molecule has 1 atom stereocenters. The zero-order chi connectivity index (χ0) is 18.0. The summed E-state index contributed by atoms with van der Waals surface area (Å²) in [6.07, 6.45) is 3.00. The monoisotopic (exact) mass is 343 g/mol. The van der Waals surface area contributed by atoms with Crippen molar-refractivity contribution in [3.05, 3.63) is 40.7 Å². The van der Waals surface area contributed by atoms with Gasteiger partial charge < -0.3 is 9.64 Å². The molecule has 1 amide bonds. The third-order valence-electron chi connectivity index (χ3n) is 4.46. The highest BCUT2D eigenvalue weighted by Crippen LogP contribution is 2.22. The van der Waals surface area contributed by atoms with Gasteiger partial charge in [0.05, 0.1) is 24.5 Å². The van der Waals surface area contributed by atoms with Gasteiger partial charge in [0.2, 0.25) is 5.91 Å². The molecule has 134 valence electrons. The summed E-state index contributed by atoms with van der Waals surface area (Å²) in [4.78, 5) is 23.3. The first-order valence-corrected chi connectivity index (χ1v) is 8.63. The van der Waals surface area contributed by atoms with E-state index < -0.39 is 0 Å². The lowest BCUT2D eigenvalue weighted by Gasteiger charge is -2.33. The van der Waals surface area contributed by atoms with Gasteiger partial charge in [0, 0.05) is 31.9 Å². The maximum atomic E-state index is 12.6. The first-order chi connectivity index (χ1) is 11.9. The predicted molar refractivity (Wildman–Crippen MR) is 93.0 cm³/mol. The van der Waals surface area contributed by atoms with E-state index >= 15 is 0 Å². The maximum Gasteiger partial charge on any atom is 0.223 e. The number of ether oxygens (including phenoxy) is 1. The molecule has 1 saturated heterocycles. The molecule has 3 rings (SSSR count). The fraction of sp³-hybridized carbons (Fsp3) is 0.556. The molecule has 2 aromatic rings. The molecule has 25 heavy (non-hydrogen) atoms. The molecule has 2 aromatic heterocycles. The van der Waals surface area contributed by atoms with Crippen LogP contribution in [0.2, 0.25) is 0 Å². The Labute approximate surface area is 148 Å². The molecule has 3 heterocycles. The molecule has 0 aromatic carbocycles. The fourth-order valence-corrected chi connectivity index (χ4v) is 3.26. The smallest absolute Gasteiger partial charge is 0.223 e. The third-order valence-corrected chi connectivity index (χ3v) is 4.46. The second kappa shape index (κ2) is 7.31. The molecule has 0 radical (unpaired) electrons. The van der Waals surface area contributed by atoms with Gasteiger partial charge in [-0.2, -0.15) is 5.10 Å². The molecule has 0 unspecified atom stereocenters. The summed E-state index contributed by atoms with van der Waals surface area (Å²) < 4.78 is 7.63. The van der Waals surface area contributed by atoms with E-state index in [2.05, 4.69) is 15.1 Å². The number of nitrogens with zero attached hydrogens (tertiary/aromatic N) is 5. The Kier molecular flexibility index (Phi) is 5.13. The number of morpholine rings is 1. The average Bonchev–Trinajstić information content (AvgIpc) is 2.89. The lowest BCUT2D eigenvalue weighted by molar-refractivity contribution is -0.139. The van der Waals surface area contributed by atoms with E-state index in [1.54, 1.807) is 4.68 Å². The maximum absolute atomic E-state index is 12.6. The third kappa shape index (κ3) is 4.22. The summed E-state index contributed by atoms with van der Waals surface area (Å²) in [5.41, 5.74) is 3.89. The Bertz CT molecular complexity index is 751. The normalized spacial score (nSPS) is 17.8. The molecular formula is C18H25N5O2. The van der Waals surface area contributed by atoms with E-state index in [0.29, 0.717) is 32.5 Å². The Morgan fingerprint density at radius 1 is 1.32 bits per heavy atom. The quantitative estimate of drug-likeness (QED) is 0.844. The summed E-state index contributed by atoms with van der Waals surface area (Å²) in [6.45, 7) is 7.50. The van der Waals surface area contributed by atoms with Crippen LogP contribution < -0.4 is 0 Å². The molecule has 7 nitrogen and oxygen atoms in total. The number of carbonyl (C=O) groups excluding carboxylic acids is 1. The predicted octanol–water partition coefficient (Wildman–Crippen LogP) is 1.67. The molecule has 1 aliphatic rings. The van der Waals surface area contributed by atoms with E-state index in [1.165, 1.54) is 0 Å². The van der Waals surface area contributed by atoms with Crippen molar-refractivity contribution in [1.29, 1.82) is 0 Å². The van der Waals surface area contributed by atoms with Crippen LogP contribution in [-0.4, -0.2) is 50.3 Å². The van der Waals surface area contributed by atoms with Crippen LogP contribution in [0.5, 0.6) is 0 Å². The second-order valence-electron chi connectivity index (χ2n) is 6.59. The van der Waals surface area contributed by atoms with Crippen molar-refractivity contribution >= 4 is 5.91 Å². The minimum atomic E-state index is -0.182. The van der Waals surface area contributed by atoms with E-state index in [4.69, 9.17) is 4.74 Å². The minimum Gasteiger partial charge on any atom is -0.368 e. The molecular weight excluding hydrogens is 318 g/mol. The van der Waals surface area contributed by atoms with Gasteiger partial charge in [-0.15, -0.1) is 0 Å². The molecule has 7 heteroatoms. The Morgan fingerprint density at radius 2 is 2.12 bits per heavy atom. The van der Waals surface area contributed by atoms with Crippen molar-refractivity contribution in [2.45, 2.75) is 39.7 Å². The van der Waals surface area contributed by atoms with Crippen LogP contribution in [0.25, 0.3) is 0 Å². The van der Waals surface area contributed by atoms with Crippen LogP contribution in [-0.2, 0) is 23.0 Å². The number of carbonyl (C=O) groups is 1.